The van der Waals surface area contributed by atoms with Gasteiger partial charge in [0.2, 0.25) is 0 Å². The number of rotatable bonds is 7. The Kier molecular flexibility index (Phi) is 5.07. The summed E-state index contributed by atoms with van der Waals surface area (Å²) in [5.74, 6) is 0.859. The van der Waals surface area contributed by atoms with Crippen molar-refractivity contribution in [3.63, 3.8) is 0 Å². The predicted molar refractivity (Wildman–Crippen MR) is 74.7 cm³/mol. The summed E-state index contributed by atoms with van der Waals surface area (Å²) >= 11 is 0. The molecule has 0 aliphatic rings. The van der Waals surface area contributed by atoms with Crippen LogP contribution in [0.3, 0.4) is 0 Å². The SMILES string of the molecule is C=CCOc1ccc(CNCc2cccnn2)cc1. The van der Waals surface area contributed by atoms with Gasteiger partial charge in [-0.15, -0.1) is 0 Å². The van der Waals surface area contributed by atoms with E-state index in [1.807, 2.05) is 36.4 Å². The van der Waals surface area contributed by atoms with Crippen LogP contribution in [-0.2, 0) is 13.1 Å². The van der Waals surface area contributed by atoms with Gasteiger partial charge in [0.1, 0.15) is 12.4 Å². The van der Waals surface area contributed by atoms with Crippen molar-refractivity contribution in [2.24, 2.45) is 0 Å². The van der Waals surface area contributed by atoms with Gasteiger partial charge in [0.15, 0.2) is 0 Å². The fraction of sp³-hybridized carbons (Fsp3) is 0.200. The van der Waals surface area contributed by atoms with E-state index in [0.29, 0.717) is 13.2 Å². The second-order valence-electron chi connectivity index (χ2n) is 4.06. The summed E-state index contributed by atoms with van der Waals surface area (Å²) in [5, 5.41) is 11.2. The predicted octanol–water partition coefficient (Wildman–Crippen LogP) is 2.33. The molecule has 1 N–H and O–H groups in total. The van der Waals surface area contributed by atoms with Gasteiger partial charge in [-0.05, 0) is 29.8 Å². The van der Waals surface area contributed by atoms with Crippen LogP contribution in [0.5, 0.6) is 5.75 Å². The number of aromatic nitrogens is 2. The van der Waals surface area contributed by atoms with Gasteiger partial charge in [0, 0.05) is 19.3 Å². The van der Waals surface area contributed by atoms with E-state index in [0.717, 1.165) is 18.0 Å². The lowest BCUT2D eigenvalue weighted by molar-refractivity contribution is 0.363. The van der Waals surface area contributed by atoms with Crippen LogP contribution in [0.2, 0.25) is 0 Å². The smallest absolute Gasteiger partial charge is 0.119 e. The molecule has 1 heterocycles. The number of nitrogens with zero attached hydrogens (tertiary/aromatic N) is 2. The molecule has 2 rings (SSSR count). The second-order valence-corrected chi connectivity index (χ2v) is 4.06. The highest BCUT2D eigenvalue weighted by molar-refractivity contribution is 5.27. The van der Waals surface area contributed by atoms with Crippen molar-refractivity contribution < 1.29 is 4.74 Å². The summed E-state index contributed by atoms with van der Waals surface area (Å²) in [5.41, 5.74) is 2.14. The van der Waals surface area contributed by atoms with E-state index in [-0.39, 0.29) is 0 Å². The van der Waals surface area contributed by atoms with E-state index < -0.39 is 0 Å². The van der Waals surface area contributed by atoms with Crippen molar-refractivity contribution in [1.82, 2.24) is 15.5 Å². The zero-order chi connectivity index (χ0) is 13.3. The van der Waals surface area contributed by atoms with Gasteiger partial charge in [-0.3, -0.25) is 0 Å². The molecule has 19 heavy (non-hydrogen) atoms. The molecule has 0 saturated heterocycles. The molecule has 4 heteroatoms. The second kappa shape index (κ2) is 7.28. The zero-order valence-electron chi connectivity index (χ0n) is 10.7. The fourth-order valence-corrected chi connectivity index (χ4v) is 1.62. The molecule has 0 unspecified atom stereocenters. The van der Waals surface area contributed by atoms with Gasteiger partial charge in [-0.1, -0.05) is 24.8 Å². The van der Waals surface area contributed by atoms with Crippen molar-refractivity contribution in [1.29, 1.82) is 0 Å². The molecule has 0 aliphatic carbocycles. The number of hydrogen-bond donors (Lipinski definition) is 1. The standard InChI is InChI=1S/C15H17N3O/c1-2-10-19-15-7-5-13(6-8-15)11-16-12-14-4-3-9-17-18-14/h2-9,16H,1,10-12H2. The first kappa shape index (κ1) is 13.2. The first-order chi connectivity index (χ1) is 9.38. The molecule has 0 saturated carbocycles. The largest absolute Gasteiger partial charge is 0.490 e. The average Bonchev–Trinajstić information content (AvgIpc) is 2.47. The van der Waals surface area contributed by atoms with Crippen LogP contribution in [0.4, 0.5) is 0 Å². The van der Waals surface area contributed by atoms with E-state index in [9.17, 15) is 0 Å². The third-order valence-electron chi connectivity index (χ3n) is 2.55. The van der Waals surface area contributed by atoms with Crippen molar-refractivity contribution >= 4 is 0 Å². The third kappa shape index (κ3) is 4.52. The summed E-state index contributed by atoms with van der Waals surface area (Å²) in [6.07, 6.45) is 3.40. The van der Waals surface area contributed by atoms with Gasteiger partial charge in [-0.25, -0.2) is 0 Å². The minimum atomic E-state index is 0.532. The van der Waals surface area contributed by atoms with Gasteiger partial charge in [0.25, 0.3) is 0 Å². The molecule has 0 atom stereocenters. The molecule has 0 radical (unpaired) electrons. The Hall–Kier alpha value is -2.20. The topological polar surface area (TPSA) is 47.0 Å². The Morgan fingerprint density at radius 3 is 2.68 bits per heavy atom. The van der Waals surface area contributed by atoms with Crippen LogP contribution in [0, 0.1) is 0 Å². The first-order valence-electron chi connectivity index (χ1n) is 6.18. The fourth-order valence-electron chi connectivity index (χ4n) is 1.62. The van der Waals surface area contributed by atoms with E-state index >= 15 is 0 Å². The Morgan fingerprint density at radius 2 is 2.00 bits per heavy atom. The van der Waals surface area contributed by atoms with Crippen LogP contribution >= 0.6 is 0 Å². The van der Waals surface area contributed by atoms with Crippen LogP contribution in [-0.4, -0.2) is 16.8 Å². The summed E-state index contributed by atoms with van der Waals surface area (Å²) in [4.78, 5) is 0. The van der Waals surface area contributed by atoms with Crippen molar-refractivity contribution in [3.8, 4) is 5.75 Å². The monoisotopic (exact) mass is 255 g/mol. The molecule has 2 aromatic rings. The van der Waals surface area contributed by atoms with E-state index in [4.69, 9.17) is 4.74 Å². The lowest BCUT2D eigenvalue weighted by Crippen LogP contribution is -2.13. The molecule has 98 valence electrons. The van der Waals surface area contributed by atoms with Gasteiger partial charge in [0.05, 0.1) is 5.69 Å². The van der Waals surface area contributed by atoms with Crippen molar-refractivity contribution in [2.45, 2.75) is 13.1 Å². The zero-order valence-corrected chi connectivity index (χ0v) is 10.7. The van der Waals surface area contributed by atoms with Crippen LogP contribution < -0.4 is 10.1 Å². The molecule has 1 aromatic heterocycles. The van der Waals surface area contributed by atoms with E-state index in [1.54, 1.807) is 12.3 Å². The maximum atomic E-state index is 5.43. The molecule has 4 nitrogen and oxygen atoms in total. The Balaban J connectivity index is 1.78. The Bertz CT molecular complexity index is 497. The maximum absolute atomic E-state index is 5.43. The summed E-state index contributed by atoms with van der Waals surface area (Å²) in [6, 6.07) is 11.8. The Labute approximate surface area is 113 Å². The average molecular weight is 255 g/mol. The van der Waals surface area contributed by atoms with E-state index in [2.05, 4.69) is 22.1 Å². The Morgan fingerprint density at radius 1 is 1.16 bits per heavy atom. The van der Waals surface area contributed by atoms with Crippen LogP contribution in [0.15, 0.2) is 55.3 Å². The molecule has 1 aromatic carbocycles. The maximum Gasteiger partial charge on any atom is 0.119 e. The number of ether oxygens (including phenoxy) is 1. The van der Waals surface area contributed by atoms with E-state index in [1.165, 1.54) is 5.56 Å². The van der Waals surface area contributed by atoms with Gasteiger partial charge < -0.3 is 10.1 Å². The summed E-state index contributed by atoms with van der Waals surface area (Å²) < 4.78 is 5.43. The van der Waals surface area contributed by atoms with Crippen LogP contribution in [0.25, 0.3) is 0 Å². The lowest BCUT2D eigenvalue weighted by Gasteiger charge is -2.06. The highest BCUT2D eigenvalue weighted by Crippen LogP contribution is 2.12. The van der Waals surface area contributed by atoms with Crippen molar-refractivity contribution in [3.05, 3.63) is 66.5 Å². The quantitative estimate of drug-likeness (QED) is 0.771. The van der Waals surface area contributed by atoms with Gasteiger partial charge in [-0.2, -0.15) is 10.2 Å². The number of nitrogens with one attached hydrogen (secondary N) is 1. The minimum Gasteiger partial charge on any atom is -0.490 e. The number of hydrogen-bond acceptors (Lipinski definition) is 4. The first-order valence-corrected chi connectivity index (χ1v) is 6.18. The number of benzene rings is 1. The summed E-state index contributed by atoms with van der Waals surface area (Å²) in [6.45, 7) is 5.65. The van der Waals surface area contributed by atoms with Crippen LogP contribution in [0.1, 0.15) is 11.3 Å². The van der Waals surface area contributed by atoms with Crippen molar-refractivity contribution in [2.75, 3.05) is 6.61 Å². The molecule has 0 spiro atoms. The molecule has 0 bridgehead atoms. The molecular formula is C15H17N3O. The summed E-state index contributed by atoms with van der Waals surface area (Å²) in [7, 11) is 0. The normalized spacial score (nSPS) is 10.1. The third-order valence-corrected chi connectivity index (χ3v) is 2.55. The highest BCUT2D eigenvalue weighted by Gasteiger charge is 1.96. The minimum absolute atomic E-state index is 0.532. The molecule has 0 aliphatic heterocycles. The molecule has 0 amide bonds. The highest BCUT2D eigenvalue weighted by atomic mass is 16.5. The van der Waals surface area contributed by atoms with Gasteiger partial charge >= 0.3 is 0 Å². The molecular weight excluding hydrogens is 238 g/mol. The molecule has 0 fully saturated rings. The lowest BCUT2D eigenvalue weighted by atomic mass is 10.2.